The van der Waals surface area contributed by atoms with Gasteiger partial charge in [0.15, 0.2) is 5.82 Å². The highest BCUT2D eigenvalue weighted by Crippen LogP contribution is 2.33. The van der Waals surface area contributed by atoms with E-state index in [0.29, 0.717) is 21.9 Å². The summed E-state index contributed by atoms with van der Waals surface area (Å²) in [5.74, 6) is 0.128. The third-order valence-corrected chi connectivity index (χ3v) is 5.98. The van der Waals surface area contributed by atoms with Crippen molar-refractivity contribution in [1.29, 1.82) is 0 Å². The zero-order valence-corrected chi connectivity index (χ0v) is 18.6. The van der Waals surface area contributed by atoms with E-state index in [1.165, 1.54) is 5.56 Å². The summed E-state index contributed by atoms with van der Waals surface area (Å²) < 4.78 is 0.846. The molecule has 1 aromatic heterocycles. The smallest absolute Gasteiger partial charge is 0.228 e. The first-order chi connectivity index (χ1) is 15.1. The highest BCUT2D eigenvalue weighted by molar-refractivity contribution is 9.10. The zero-order valence-electron chi connectivity index (χ0n) is 16.3. The molecule has 0 amide bonds. The fourth-order valence-corrected chi connectivity index (χ4v) is 4.27. The molecule has 1 heterocycles. The number of benzene rings is 4. The van der Waals surface area contributed by atoms with Crippen LogP contribution in [0.2, 0.25) is 5.02 Å². The number of aromatic amines is 1. The fraction of sp³-hybridized carbons (Fsp3) is 0. The highest BCUT2D eigenvalue weighted by atomic mass is 79.9. The van der Waals surface area contributed by atoms with Crippen molar-refractivity contribution in [2.45, 2.75) is 0 Å². The molecular weight excluding hydrogens is 472 g/mol. The summed E-state index contributed by atoms with van der Waals surface area (Å²) in [6.07, 6.45) is 0. The lowest BCUT2D eigenvalue weighted by molar-refractivity contribution is 0.103. The van der Waals surface area contributed by atoms with Gasteiger partial charge < -0.3 is 4.98 Å². The molecule has 0 spiro atoms. The highest BCUT2D eigenvalue weighted by Gasteiger charge is 2.16. The Labute approximate surface area is 192 Å². The predicted molar refractivity (Wildman–Crippen MR) is 130 cm³/mol. The Hall–Kier alpha value is -3.21. The van der Waals surface area contributed by atoms with Gasteiger partial charge in [0.2, 0.25) is 5.78 Å². The van der Waals surface area contributed by atoms with Gasteiger partial charge in [-0.05, 0) is 41.0 Å². The molecule has 0 bridgehead atoms. The minimum Gasteiger partial charge on any atom is -0.335 e. The van der Waals surface area contributed by atoms with E-state index in [2.05, 4.69) is 62.3 Å². The molecule has 0 atom stereocenters. The van der Waals surface area contributed by atoms with Crippen LogP contribution in [0.3, 0.4) is 0 Å². The number of rotatable bonds is 4. The van der Waals surface area contributed by atoms with Crippen molar-refractivity contribution in [1.82, 2.24) is 9.97 Å². The summed E-state index contributed by atoms with van der Waals surface area (Å²) in [5.41, 5.74) is 6.17. The number of nitrogens with one attached hydrogen (secondary N) is 1. The summed E-state index contributed by atoms with van der Waals surface area (Å²) in [5, 5.41) is 0.602. The molecule has 0 aliphatic rings. The van der Waals surface area contributed by atoms with Crippen LogP contribution in [0.4, 0.5) is 0 Å². The Kier molecular flexibility index (Phi) is 5.18. The monoisotopic (exact) mass is 486 g/mol. The van der Waals surface area contributed by atoms with Crippen LogP contribution in [0, 0.1) is 0 Å². The Morgan fingerprint density at radius 2 is 1.52 bits per heavy atom. The number of hydrogen-bond acceptors (Lipinski definition) is 2. The molecular formula is C26H16BrClN2O. The lowest BCUT2D eigenvalue weighted by Crippen LogP contribution is -2.03. The van der Waals surface area contributed by atoms with Crippen molar-refractivity contribution in [3.63, 3.8) is 0 Å². The van der Waals surface area contributed by atoms with Gasteiger partial charge in [0.25, 0.3) is 0 Å². The normalized spacial score (nSPS) is 11.0. The second-order valence-corrected chi connectivity index (χ2v) is 8.54. The number of carbonyl (C=O) groups excluding carboxylic acids is 1. The molecule has 1 N–H and O–H groups in total. The third-order valence-electron chi connectivity index (χ3n) is 5.18. The molecule has 3 nitrogen and oxygen atoms in total. The van der Waals surface area contributed by atoms with Crippen LogP contribution >= 0.6 is 27.5 Å². The van der Waals surface area contributed by atoms with E-state index >= 15 is 0 Å². The first kappa shape index (κ1) is 19.7. The van der Waals surface area contributed by atoms with Gasteiger partial charge in [0.1, 0.15) is 0 Å². The van der Waals surface area contributed by atoms with Gasteiger partial charge in [-0.15, -0.1) is 0 Å². The van der Waals surface area contributed by atoms with Crippen molar-refractivity contribution in [3.05, 3.63) is 112 Å². The SMILES string of the molecule is O=C(c1cccc(Br)c1)c1nc2cc(-c3ccc(-c4ccccc4)cc3)c(Cl)cc2[nH]1. The molecule has 0 saturated heterocycles. The standard InChI is InChI=1S/C26H16BrClN2O/c27-20-8-4-7-19(13-20)25(31)26-29-23-14-21(22(28)15-24(23)30-26)18-11-9-17(10-12-18)16-5-2-1-3-6-16/h1-15H,(H,29,30). The quantitative estimate of drug-likeness (QED) is 0.266. The van der Waals surface area contributed by atoms with Crippen LogP contribution in [-0.2, 0) is 0 Å². The number of H-pyrrole nitrogens is 1. The lowest BCUT2D eigenvalue weighted by Gasteiger charge is -2.07. The molecule has 0 saturated carbocycles. The van der Waals surface area contributed by atoms with Crippen molar-refractivity contribution in [3.8, 4) is 22.3 Å². The number of hydrogen-bond donors (Lipinski definition) is 1. The molecule has 0 radical (unpaired) electrons. The summed E-state index contributed by atoms with van der Waals surface area (Å²) in [4.78, 5) is 20.5. The molecule has 5 heteroatoms. The number of halogens is 2. The molecule has 0 aliphatic carbocycles. The van der Waals surface area contributed by atoms with Crippen molar-refractivity contribution < 1.29 is 4.79 Å². The average molecular weight is 488 g/mol. The number of fused-ring (bicyclic) bond motifs is 1. The van der Waals surface area contributed by atoms with Gasteiger partial charge in [-0.1, -0.05) is 94.3 Å². The van der Waals surface area contributed by atoms with E-state index in [1.807, 2.05) is 42.5 Å². The van der Waals surface area contributed by atoms with Gasteiger partial charge >= 0.3 is 0 Å². The molecule has 0 unspecified atom stereocenters. The molecule has 4 aromatic carbocycles. The van der Waals surface area contributed by atoms with Gasteiger partial charge in [-0.2, -0.15) is 0 Å². The van der Waals surface area contributed by atoms with Crippen LogP contribution < -0.4 is 0 Å². The second kappa shape index (κ2) is 8.14. The van der Waals surface area contributed by atoms with Gasteiger partial charge in [-0.3, -0.25) is 4.79 Å². The van der Waals surface area contributed by atoms with E-state index < -0.39 is 0 Å². The third kappa shape index (κ3) is 3.92. The maximum Gasteiger partial charge on any atom is 0.228 e. The summed E-state index contributed by atoms with van der Waals surface area (Å²) in [7, 11) is 0. The predicted octanol–water partition coefficient (Wildman–Crippen LogP) is 7.54. The Bertz CT molecular complexity index is 1410. The minimum atomic E-state index is -0.164. The summed E-state index contributed by atoms with van der Waals surface area (Å²) in [6, 6.07) is 29.5. The van der Waals surface area contributed by atoms with Crippen LogP contribution in [0.25, 0.3) is 33.3 Å². The molecule has 5 rings (SSSR count). The number of aromatic nitrogens is 2. The number of nitrogens with zero attached hydrogens (tertiary/aromatic N) is 1. The van der Waals surface area contributed by atoms with Gasteiger partial charge in [0.05, 0.1) is 16.1 Å². The second-order valence-electron chi connectivity index (χ2n) is 7.22. The van der Waals surface area contributed by atoms with E-state index in [1.54, 1.807) is 12.1 Å². The molecule has 0 fully saturated rings. The maximum atomic E-state index is 12.8. The Balaban J connectivity index is 1.50. The minimum absolute atomic E-state index is 0.164. The largest absolute Gasteiger partial charge is 0.335 e. The summed E-state index contributed by atoms with van der Waals surface area (Å²) in [6.45, 7) is 0. The topological polar surface area (TPSA) is 45.8 Å². The van der Waals surface area contributed by atoms with Crippen molar-refractivity contribution in [2.24, 2.45) is 0 Å². The van der Waals surface area contributed by atoms with Gasteiger partial charge in [0, 0.05) is 15.6 Å². The first-order valence-electron chi connectivity index (χ1n) is 9.74. The Morgan fingerprint density at radius 1 is 0.806 bits per heavy atom. The van der Waals surface area contributed by atoms with Crippen molar-refractivity contribution in [2.75, 3.05) is 0 Å². The van der Waals surface area contributed by atoms with E-state index in [9.17, 15) is 4.79 Å². The van der Waals surface area contributed by atoms with E-state index in [0.717, 1.165) is 26.7 Å². The lowest BCUT2D eigenvalue weighted by atomic mass is 10.00. The molecule has 5 aromatic rings. The molecule has 31 heavy (non-hydrogen) atoms. The van der Waals surface area contributed by atoms with Crippen LogP contribution in [0.15, 0.2) is 95.5 Å². The molecule has 0 aliphatic heterocycles. The van der Waals surface area contributed by atoms with E-state index in [4.69, 9.17) is 11.6 Å². The fourth-order valence-electron chi connectivity index (χ4n) is 3.60. The number of imidazole rings is 1. The van der Waals surface area contributed by atoms with Crippen LogP contribution in [-0.4, -0.2) is 15.8 Å². The summed E-state index contributed by atoms with van der Waals surface area (Å²) >= 11 is 9.98. The number of carbonyl (C=O) groups is 1. The zero-order chi connectivity index (χ0) is 21.4. The Morgan fingerprint density at radius 3 is 2.26 bits per heavy atom. The van der Waals surface area contributed by atoms with Gasteiger partial charge in [-0.25, -0.2) is 4.98 Å². The maximum absolute atomic E-state index is 12.8. The van der Waals surface area contributed by atoms with Crippen LogP contribution in [0.5, 0.6) is 0 Å². The molecule has 150 valence electrons. The first-order valence-corrected chi connectivity index (χ1v) is 10.9. The average Bonchev–Trinajstić information content (AvgIpc) is 3.21. The van der Waals surface area contributed by atoms with Crippen molar-refractivity contribution >= 4 is 44.3 Å². The van der Waals surface area contributed by atoms with E-state index in [-0.39, 0.29) is 5.78 Å². The number of ketones is 1. The van der Waals surface area contributed by atoms with Crippen LogP contribution in [0.1, 0.15) is 16.2 Å².